The van der Waals surface area contributed by atoms with Gasteiger partial charge in [-0.15, -0.1) is 10.2 Å². The van der Waals surface area contributed by atoms with Crippen LogP contribution in [0.1, 0.15) is 28.8 Å². The van der Waals surface area contributed by atoms with Crippen molar-refractivity contribution in [3.8, 4) is 0 Å². The van der Waals surface area contributed by atoms with E-state index in [0.29, 0.717) is 11.7 Å². The summed E-state index contributed by atoms with van der Waals surface area (Å²) < 4.78 is 11.2. The molecule has 1 saturated heterocycles. The number of aromatic nitrogens is 2. The smallest absolute Gasteiger partial charge is 0.337 e. The van der Waals surface area contributed by atoms with Gasteiger partial charge < -0.3 is 14.8 Å². The quantitative estimate of drug-likeness (QED) is 0.596. The normalized spacial score (nSPS) is 17.0. The van der Waals surface area contributed by atoms with Gasteiger partial charge in [-0.25, -0.2) is 4.79 Å². The maximum absolute atomic E-state index is 11.4. The SMILES string of the molecule is COC(=O)c1ccc(CSc2nnc(NC[C@H]3CCCO3)s2)cc1. The van der Waals surface area contributed by atoms with Crippen LogP contribution in [0.4, 0.5) is 5.13 Å². The van der Waals surface area contributed by atoms with Crippen LogP contribution in [0.3, 0.4) is 0 Å². The molecular formula is C16H19N3O3S2. The lowest BCUT2D eigenvalue weighted by Gasteiger charge is -2.08. The Morgan fingerprint density at radius 2 is 2.25 bits per heavy atom. The highest BCUT2D eigenvalue weighted by Crippen LogP contribution is 2.28. The molecule has 128 valence electrons. The van der Waals surface area contributed by atoms with E-state index in [1.807, 2.05) is 12.1 Å². The number of nitrogens with one attached hydrogen (secondary N) is 1. The molecule has 0 unspecified atom stereocenters. The first-order valence-electron chi connectivity index (χ1n) is 7.73. The molecule has 6 nitrogen and oxygen atoms in total. The fourth-order valence-electron chi connectivity index (χ4n) is 2.35. The zero-order valence-corrected chi connectivity index (χ0v) is 15.0. The maximum Gasteiger partial charge on any atom is 0.337 e. The van der Waals surface area contributed by atoms with E-state index in [2.05, 4.69) is 15.5 Å². The Balaban J connectivity index is 1.47. The van der Waals surface area contributed by atoms with Crippen LogP contribution in [0, 0.1) is 0 Å². The summed E-state index contributed by atoms with van der Waals surface area (Å²) in [4.78, 5) is 11.4. The second-order valence-corrected chi connectivity index (χ2v) is 7.57. The predicted molar refractivity (Wildman–Crippen MR) is 94.7 cm³/mol. The molecule has 1 aliphatic rings. The van der Waals surface area contributed by atoms with Gasteiger partial charge >= 0.3 is 5.97 Å². The lowest BCUT2D eigenvalue weighted by Crippen LogP contribution is -2.18. The highest BCUT2D eigenvalue weighted by molar-refractivity contribution is 8.00. The minimum absolute atomic E-state index is 0.290. The molecule has 0 bridgehead atoms. The van der Waals surface area contributed by atoms with E-state index >= 15 is 0 Å². The third kappa shape index (κ3) is 4.68. The van der Waals surface area contributed by atoms with Crippen LogP contribution >= 0.6 is 23.1 Å². The van der Waals surface area contributed by atoms with E-state index in [1.54, 1.807) is 35.2 Å². The monoisotopic (exact) mass is 365 g/mol. The number of nitrogens with zero attached hydrogens (tertiary/aromatic N) is 2. The Kier molecular flexibility index (Phi) is 6.06. The summed E-state index contributed by atoms with van der Waals surface area (Å²) in [5, 5.41) is 12.5. The number of esters is 1. The third-order valence-electron chi connectivity index (χ3n) is 3.65. The summed E-state index contributed by atoms with van der Waals surface area (Å²) in [6, 6.07) is 7.40. The molecule has 2 aromatic rings. The number of ether oxygens (including phenoxy) is 2. The van der Waals surface area contributed by atoms with Crippen molar-refractivity contribution in [3.63, 3.8) is 0 Å². The number of hydrogen-bond acceptors (Lipinski definition) is 8. The molecule has 0 radical (unpaired) electrons. The molecule has 0 amide bonds. The number of methoxy groups -OCH3 is 1. The number of hydrogen-bond donors (Lipinski definition) is 1. The molecule has 1 aromatic carbocycles. The molecular weight excluding hydrogens is 346 g/mol. The van der Waals surface area contributed by atoms with Crippen molar-refractivity contribution in [2.45, 2.75) is 29.0 Å². The minimum Gasteiger partial charge on any atom is -0.465 e. The molecule has 24 heavy (non-hydrogen) atoms. The standard InChI is InChI=1S/C16H19N3O3S2/c1-21-14(20)12-6-4-11(5-7-12)10-23-16-19-18-15(24-16)17-9-13-3-2-8-22-13/h4-7,13H,2-3,8-10H2,1H3,(H,17,18)/t13-/m1/s1. The van der Waals surface area contributed by atoms with E-state index in [4.69, 9.17) is 9.47 Å². The average Bonchev–Trinajstić information content (AvgIpc) is 3.29. The van der Waals surface area contributed by atoms with Crippen molar-refractivity contribution >= 4 is 34.2 Å². The van der Waals surface area contributed by atoms with Gasteiger partial charge in [0.15, 0.2) is 4.34 Å². The van der Waals surface area contributed by atoms with Gasteiger partial charge in [0.1, 0.15) is 0 Å². The second kappa shape index (κ2) is 8.46. The van der Waals surface area contributed by atoms with Crippen LogP contribution in [0.25, 0.3) is 0 Å². The zero-order valence-electron chi connectivity index (χ0n) is 13.4. The van der Waals surface area contributed by atoms with Gasteiger partial charge in [0, 0.05) is 18.9 Å². The summed E-state index contributed by atoms with van der Waals surface area (Å²) in [6.07, 6.45) is 2.53. The lowest BCUT2D eigenvalue weighted by atomic mass is 10.1. The second-order valence-electron chi connectivity index (χ2n) is 5.37. The Bertz CT molecular complexity index is 669. The fraction of sp³-hybridized carbons (Fsp3) is 0.438. The predicted octanol–water partition coefficient (Wildman–Crippen LogP) is 3.21. The number of carbonyl (C=O) groups is 1. The van der Waals surface area contributed by atoms with Crippen LogP contribution in [0.2, 0.25) is 0 Å². The highest BCUT2D eigenvalue weighted by atomic mass is 32.2. The topological polar surface area (TPSA) is 73.3 Å². The Hall–Kier alpha value is -1.64. The van der Waals surface area contributed by atoms with Crippen LogP contribution in [0.5, 0.6) is 0 Å². The molecule has 8 heteroatoms. The van der Waals surface area contributed by atoms with Crippen LogP contribution < -0.4 is 5.32 Å². The van der Waals surface area contributed by atoms with Crippen molar-refractivity contribution < 1.29 is 14.3 Å². The van der Waals surface area contributed by atoms with Crippen molar-refractivity contribution in [2.24, 2.45) is 0 Å². The van der Waals surface area contributed by atoms with Crippen molar-refractivity contribution in [1.29, 1.82) is 0 Å². The molecule has 1 aliphatic heterocycles. The molecule has 2 heterocycles. The van der Waals surface area contributed by atoms with Gasteiger partial charge in [-0.05, 0) is 30.5 Å². The zero-order chi connectivity index (χ0) is 16.8. The largest absolute Gasteiger partial charge is 0.465 e. The first-order valence-corrected chi connectivity index (χ1v) is 9.54. The molecule has 1 atom stereocenters. The van der Waals surface area contributed by atoms with E-state index in [-0.39, 0.29) is 5.97 Å². The van der Waals surface area contributed by atoms with E-state index in [1.165, 1.54) is 7.11 Å². The molecule has 0 aliphatic carbocycles. The van der Waals surface area contributed by atoms with E-state index < -0.39 is 0 Å². The van der Waals surface area contributed by atoms with Gasteiger partial charge in [0.05, 0.1) is 18.8 Å². The van der Waals surface area contributed by atoms with Crippen LogP contribution in [0.15, 0.2) is 28.6 Å². The summed E-state index contributed by atoms with van der Waals surface area (Å²) in [5.41, 5.74) is 1.68. The minimum atomic E-state index is -0.319. The lowest BCUT2D eigenvalue weighted by molar-refractivity contribution is 0.0600. The molecule has 1 aromatic heterocycles. The number of anilines is 1. The van der Waals surface area contributed by atoms with Crippen molar-refractivity contribution in [1.82, 2.24) is 10.2 Å². The first kappa shape index (κ1) is 17.2. The van der Waals surface area contributed by atoms with Gasteiger partial charge in [0.25, 0.3) is 0 Å². The Morgan fingerprint density at radius 1 is 1.42 bits per heavy atom. The van der Waals surface area contributed by atoms with Crippen LogP contribution in [-0.2, 0) is 15.2 Å². The number of carbonyl (C=O) groups excluding carboxylic acids is 1. The Labute approximate surface area is 149 Å². The number of thioether (sulfide) groups is 1. The van der Waals surface area contributed by atoms with Crippen LogP contribution in [-0.4, -0.2) is 42.5 Å². The number of rotatable bonds is 7. The third-order valence-corrected chi connectivity index (χ3v) is 5.73. The van der Waals surface area contributed by atoms with E-state index in [9.17, 15) is 4.79 Å². The summed E-state index contributed by atoms with van der Waals surface area (Å²) in [7, 11) is 1.38. The molecule has 0 saturated carbocycles. The molecule has 1 N–H and O–H groups in total. The van der Waals surface area contributed by atoms with Gasteiger partial charge in [-0.2, -0.15) is 0 Å². The number of benzene rings is 1. The van der Waals surface area contributed by atoms with Gasteiger partial charge in [-0.3, -0.25) is 0 Å². The fourth-order valence-corrected chi connectivity index (χ4v) is 4.06. The molecule has 0 spiro atoms. The Morgan fingerprint density at radius 3 is 2.96 bits per heavy atom. The van der Waals surface area contributed by atoms with Gasteiger partial charge in [0.2, 0.25) is 5.13 Å². The summed E-state index contributed by atoms with van der Waals surface area (Å²) >= 11 is 3.18. The first-order chi connectivity index (χ1) is 11.7. The summed E-state index contributed by atoms with van der Waals surface area (Å²) in [6.45, 7) is 1.65. The van der Waals surface area contributed by atoms with Crippen molar-refractivity contribution in [2.75, 3.05) is 25.6 Å². The average molecular weight is 365 g/mol. The molecule has 1 fully saturated rings. The van der Waals surface area contributed by atoms with Gasteiger partial charge in [-0.1, -0.05) is 35.2 Å². The maximum atomic E-state index is 11.4. The summed E-state index contributed by atoms with van der Waals surface area (Å²) in [5.74, 6) is 0.460. The van der Waals surface area contributed by atoms with Crippen molar-refractivity contribution in [3.05, 3.63) is 35.4 Å². The highest BCUT2D eigenvalue weighted by Gasteiger charge is 2.15. The molecule has 3 rings (SSSR count). The van der Waals surface area contributed by atoms with E-state index in [0.717, 1.165) is 46.8 Å².